The fourth-order valence-electron chi connectivity index (χ4n) is 5.31. The zero-order valence-corrected chi connectivity index (χ0v) is 17.8. The van der Waals surface area contributed by atoms with Crippen LogP contribution in [0.4, 0.5) is 0 Å². The molecule has 5 nitrogen and oxygen atoms in total. The molecule has 1 atom stereocenters. The largest absolute Gasteiger partial charge is 0.350 e. The van der Waals surface area contributed by atoms with Crippen molar-refractivity contribution in [3.05, 3.63) is 99.0 Å². The second kappa shape index (κ2) is 8.14. The lowest BCUT2D eigenvalue weighted by atomic mass is 9.59. The second-order valence-corrected chi connectivity index (χ2v) is 8.63. The number of fused-ring (bicyclic) bond motifs is 1. The number of nitrogens with one attached hydrogen (secondary N) is 1. The molecule has 2 bridgehead atoms. The Hall–Kier alpha value is -3.21. The van der Waals surface area contributed by atoms with Crippen molar-refractivity contribution in [2.24, 2.45) is 5.92 Å². The summed E-state index contributed by atoms with van der Waals surface area (Å²) in [5, 5.41) is 7.39. The van der Waals surface area contributed by atoms with Crippen molar-refractivity contribution in [2.45, 2.75) is 44.6 Å². The van der Waals surface area contributed by atoms with E-state index in [0.717, 1.165) is 19.3 Å². The van der Waals surface area contributed by atoms with E-state index < -0.39 is 0 Å². The molecule has 3 aromatic rings. The number of aryl methyl sites for hydroxylation is 1. The number of carbonyl (C=O) groups excluding carboxylic acids is 1. The van der Waals surface area contributed by atoms with Gasteiger partial charge in [0.1, 0.15) is 5.69 Å². The maximum Gasteiger partial charge on any atom is 0.271 e. The van der Waals surface area contributed by atoms with Crippen LogP contribution < -0.4 is 10.9 Å². The van der Waals surface area contributed by atoms with Gasteiger partial charge in [0.05, 0.1) is 0 Å². The van der Waals surface area contributed by atoms with Crippen LogP contribution in [-0.4, -0.2) is 22.2 Å². The molecule has 31 heavy (non-hydrogen) atoms. The Morgan fingerprint density at radius 2 is 1.65 bits per heavy atom. The van der Waals surface area contributed by atoms with Gasteiger partial charge >= 0.3 is 0 Å². The van der Waals surface area contributed by atoms with Gasteiger partial charge < -0.3 is 5.32 Å². The van der Waals surface area contributed by atoms with Crippen LogP contribution in [0.5, 0.6) is 0 Å². The fourth-order valence-corrected chi connectivity index (χ4v) is 5.31. The van der Waals surface area contributed by atoms with E-state index in [2.05, 4.69) is 65.9 Å². The van der Waals surface area contributed by atoms with Crippen LogP contribution >= 0.6 is 0 Å². The first kappa shape index (κ1) is 19.7. The molecular formula is C26H27N3O2. The third-order valence-corrected chi connectivity index (χ3v) is 6.77. The van der Waals surface area contributed by atoms with Gasteiger partial charge in [-0.2, -0.15) is 5.10 Å². The van der Waals surface area contributed by atoms with Gasteiger partial charge in [-0.25, -0.2) is 4.68 Å². The number of hydrogen-bond acceptors (Lipinski definition) is 3. The van der Waals surface area contributed by atoms with Crippen molar-refractivity contribution in [3.8, 4) is 0 Å². The van der Waals surface area contributed by atoms with E-state index in [0.29, 0.717) is 36.5 Å². The summed E-state index contributed by atoms with van der Waals surface area (Å²) >= 11 is 0. The summed E-state index contributed by atoms with van der Waals surface area (Å²) in [6.07, 6.45) is 2.86. The Kier molecular flexibility index (Phi) is 5.18. The lowest BCUT2D eigenvalue weighted by Gasteiger charge is -2.45. The Bertz CT molecular complexity index is 1140. The molecule has 1 N–H and O–H groups in total. The van der Waals surface area contributed by atoms with Gasteiger partial charge in [0.15, 0.2) is 0 Å². The van der Waals surface area contributed by atoms with Gasteiger partial charge in [-0.15, -0.1) is 0 Å². The zero-order chi connectivity index (χ0) is 21.4. The molecule has 3 aliphatic carbocycles. The number of benzene rings is 2. The van der Waals surface area contributed by atoms with Crippen LogP contribution in [-0.2, 0) is 6.54 Å². The van der Waals surface area contributed by atoms with Crippen molar-refractivity contribution in [1.82, 2.24) is 15.1 Å². The molecule has 2 aromatic carbocycles. The molecule has 1 amide bonds. The third kappa shape index (κ3) is 3.48. The quantitative estimate of drug-likeness (QED) is 0.663. The standard InChI is InChI=1S/C26H27N3O2/c1-2-3-14-29-24(30)13-12-23(28-29)26(31)27-16-17-15-22-18-8-4-6-10-20(18)25(17)21-11-7-5-9-19(21)22/h4-13,17,22,25H,2-3,14-16H2,1H3,(H,27,31). The second-order valence-electron chi connectivity index (χ2n) is 8.63. The molecule has 0 aliphatic heterocycles. The Balaban J connectivity index is 1.36. The van der Waals surface area contributed by atoms with E-state index in [-0.39, 0.29) is 11.5 Å². The number of hydrogen-bond donors (Lipinski definition) is 1. The molecule has 1 unspecified atom stereocenters. The number of amides is 1. The van der Waals surface area contributed by atoms with E-state index in [1.165, 1.54) is 39.1 Å². The number of carbonyl (C=O) groups is 1. The number of nitrogens with zero attached hydrogens (tertiary/aromatic N) is 2. The summed E-state index contributed by atoms with van der Waals surface area (Å²) in [4.78, 5) is 24.8. The van der Waals surface area contributed by atoms with Crippen LogP contribution in [0.1, 0.15) is 70.8 Å². The summed E-state index contributed by atoms with van der Waals surface area (Å²) in [6.45, 7) is 3.20. The van der Waals surface area contributed by atoms with Crippen LogP contribution in [0.2, 0.25) is 0 Å². The Labute approximate surface area is 182 Å². The molecular weight excluding hydrogens is 386 g/mol. The SMILES string of the molecule is CCCCn1nc(C(=O)NCC2CC3c4ccccc4C2c2ccccc23)ccc1=O. The molecule has 0 fully saturated rings. The number of aromatic nitrogens is 2. The monoisotopic (exact) mass is 413 g/mol. The van der Waals surface area contributed by atoms with Crippen LogP contribution in [0.3, 0.4) is 0 Å². The number of unbranched alkanes of at least 4 members (excludes halogenated alkanes) is 1. The highest BCUT2D eigenvalue weighted by atomic mass is 16.2. The highest BCUT2D eigenvalue weighted by Crippen LogP contribution is 2.55. The van der Waals surface area contributed by atoms with E-state index in [1.54, 1.807) is 0 Å². The first-order valence-corrected chi connectivity index (χ1v) is 11.2. The minimum Gasteiger partial charge on any atom is -0.350 e. The summed E-state index contributed by atoms with van der Waals surface area (Å²) < 4.78 is 1.40. The van der Waals surface area contributed by atoms with Crippen molar-refractivity contribution < 1.29 is 4.79 Å². The van der Waals surface area contributed by atoms with Crippen molar-refractivity contribution in [3.63, 3.8) is 0 Å². The first-order valence-electron chi connectivity index (χ1n) is 11.2. The fraction of sp³-hybridized carbons (Fsp3) is 0.346. The molecule has 6 rings (SSSR count). The zero-order valence-electron chi connectivity index (χ0n) is 17.8. The third-order valence-electron chi connectivity index (χ3n) is 6.77. The van der Waals surface area contributed by atoms with E-state index >= 15 is 0 Å². The summed E-state index contributed by atoms with van der Waals surface area (Å²) in [6, 6.07) is 20.4. The summed E-state index contributed by atoms with van der Waals surface area (Å²) in [5.41, 5.74) is 5.78. The molecule has 0 radical (unpaired) electrons. The molecule has 0 saturated carbocycles. The Morgan fingerprint density at radius 3 is 2.29 bits per heavy atom. The smallest absolute Gasteiger partial charge is 0.271 e. The highest BCUT2D eigenvalue weighted by Gasteiger charge is 2.42. The molecule has 1 heterocycles. The van der Waals surface area contributed by atoms with Crippen molar-refractivity contribution >= 4 is 5.91 Å². The predicted octanol–water partition coefficient (Wildman–Crippen LogP) is 4.07. The van der Waals surface area contributed by atoms with E-state index in [9.17, 15) is 9.59 Å². The number of rotatable bonds is 6. The normalized spacial score (nSPS) is 20.7. The average Bonchev–Trinajstić information content (AvgIpc) is 2.82. The average molecular weight is 414 g/mol. The molecule has 158 valence electrons. The van der Waals surface area contributed by atoms with Crippen LogP contribution in [0, 0.1) is 5.92 Å². The minimum atomic E-state index is -0.215. The van der Waals surface area contributed by atoms with Gasteiger partial charge in [0.25, 0.3) is 11.5 Å². The van der Waals surface area contributed by atoms with Gasteiger partial charge in [0, 0.05) is 31.0 Å². The highest BCUT2D eigenvalue weighted by molar-refractivity contribution is 5.92. The molecule has 0 spiro atoms. The van der Waals surface area contributed by atoms with Crippen molar-refractivity contribution in [2.75, 3.05) is 6.54 Å². The lowest BCUT2D eigenvalue weighted by Crippen LogP contribution is -2.40. The first-order chi connectivity index (χ1) is 15.2. The topological polar surface area (TPSA) is 64.0 Å². The Morgan fingerprint density at radius 1 is 1.00 bits per heavy atom. The predicted molar refractivity (Wildman–Crippen MR) is 120 cm³/mol. The van der Waals surface area contributed by atoms with E-state index in [4.69, 9.17) is 0 Å². The lowest BCUT2D eigenvalue weighted by molar-refractivity contribution is 0.0935. The van der Waals surface area contributed by atoms with Gasteiger partial charge in [-0.05, 0) is 47.1 Å². The van der Waals surface area contributed by atoms with Gasteiger partial charge in [-0.1, -0.05) is 61.9 Å². The van der Waals surface area contributed by atoms with Crippen LogP contribution in [0.25, 0.3) is 0 Å². The van der Waals surface area contributed by atoms with Gasteiger partial charge in [0.2, 0.25) is 0 Å². The molecule has 0 saturated heterocycles. The summed E-state index contributed by atoms with van der Waals surface area (Å²) in [7, 11) is 0. The molecule has 5 heteroatoms. The molecule has 1 aromatic heterocycles. The summed E-state index contributed by atoms with van der Waals surface area (Å²) in [5.74, 6) is 0.801. The van der Waals surface area contributed by atoms with E-state index in [1.807, 2.05) is 0 Å². The van der Waals surface area contributed by atoms with Crippen molar-refractivity contribution in [1.29, 1.82) is 0 Å². The maximum absolute atomic E-state index is 12.8. The minimum absolute atomic E-state index is 0.164. The van der Waals surface area contributed by atoms with Crippen LogP contribution in [0.15, 0.2) is 65.5 Å². The maximum atomic E-state index is 12.8. The van der Waals surface area contributed by atoms with Gasteiger partial charge in [-0.3, -0.25) is 9.59 Å². The molecule has 3 aliphatic rings.